The summed E-state index contributed by atoms with van der Waals surface area (Å²) in [4.78, 5) is 11.2. The summed E-state index contributed by atoms with van der Waals surface area (Å²) in [6.07, 6.45) is -0.450. The predicted molar refractivity (Wildman–Crippen MR) is 166 cm³/mol. The van der Waals surface area contributed by atoms with Crippen LogP contribution in [0.5, 0.6) is 0 Å². The molecule has 0 spiro atoms. The number of fused-ring (bicyclic) bond motifs is 5. The van der Waals surface area contributed by atoms with Crippen LogP contribution >= 0.6 is 11.3 Å². The fourth-order valence-corrected chi connectivity index (χ4v) is 6.32. The van der Waals surface area contributed by atoms with Crippen molar-refractivity contribution in [3.05, 3.63) is 133 Å². The molecular weight excluding hydrogens is 492 g/mol. The van der Waals surface area contributed by atoms with E-state index in [0.29, 0.717) is 5.56 Å². The summed E-state index contributed by atoms with van der Waals surface area (Å²) in [6, 6.07) is 28.7. The third-order valence-electron chi connectivity index (χ3n) is 7.06. The molecule has 3 aromatic heterocycles. The first-order valence-electron chi connectivity index (χ1n) is 16.0. The highest BCUT2D eigenvalue weighted by Crippen LogP contribution is 2.42. The van der Waals surface area contributed by atoms with E-state index in [1.165, 1.54) is 16.3 Å². The van der Waals surface area contributed by atoms with Crippen molar-refractivity contribution in [2.45, 2.75) is 0 Å². The number of thiophene rings is 1. The van der Waals surface area contributed by atoms with Gasteiger partial charge in [-0.15, -0.1) is 11.3 Å². The van der Waals surface area contributed by atoms with Gasteiger partial charge in [0, 0.05) is 32.3 Å². The molecule has 0 fully saturated rings. The van der Waals surface area contributed by atoms with Crippen LogP contribution in [-0.2, 0) is 0 Å². The summed E-state index contributed by atoms with van der Waals surface area (Å²) in [5.74, 6) is 0. The lowest BCUT2D eigenvalue weighted by Gasteiger charge is -2.12. The predicted octanol–water partition coefficient (Wildman–Crippen LogP) is 10.2. The highest BCUT2D eigenvalue weighted by molar-refractivity contribution is 7.19. The van der Waals surface area contributed by atoms with Crippen molar-refractivity contribution in [3.8, 4) is 32.1 Å². The van der Waals surface area contributed by atoms with Crippen LogP contribution in [0.2, 0.25) is 0 Å². The minimum atomic E-state index is -0.450. The van der Waals surface area contributed by atoms with Crippen molar-refractivity contribution in [1.82, 2.24) is 9.97 Å². The fraction of sp³-hybridized carbons (Fsp3) is 0. The molecule has 0 radical (unpaired) electrons. The molecule has 3 heterocycles. The van der Waals surface area contributed by atoms with Crippen LogP contribution in [0.15, 0.2) is 133 Å². The maximum Gasteiger partial charge on any atom is 0.0972 e. The van der Waals surface area contributed by atoms with Crippen LogP contribution in [-0.4, -0.2) is 9.97 Å². The molecule has 3 heteroatoms. The van der Waals surface area contributed by atoms with Gasteiger partial charge < -0.3 is 0 Å². The number of aromatic nitrogens is 2. The standard InChI is InChI=1S/C36H22N2S/c1-2-10-26-23(7-1)8-5-13-30(26)33-20-21-34(39-33)31-18-17-29(27-11-3-4-12-28(27)31)32-19-16-25-15-14-24-9-6-22-37-35(24)36(25)38-32/h1-22H/i6D,9D,14D,15D,16D,19D,22D. The molecule has 0 bridgehead atoms. The van der Waals surface area contributed by atoms with E-state index in [-0.39, 0.29) is 57.7 Å². The van der Waals surface area contributed by atoms with Gasteiger partial charge in [0.05, 0.1) is 26.3 Å². The van der Waals surface area contributed by atoms with E-state index >= 15 is 0 Å². The smallest absolute Gasteiger partial charge is 0.0972 e. The number of hydrogen-bond donors (Lipinski definition) is 0. The number of pyridine rings is 2. The van der Waals surface area contributed by atoms with E-state index in [9.17, 15) is 0 Å². The fourth-order valence-electron chi connectivity index (χ4n) is 5.23. The monoisotopic (exact) mass is 521 g/mol. The van der Waals surface area contributed by atoms with Gasteiger partial charge in [0.1, 0.15) is 0 Å². The molecule has 182 valence electrons. The average Bonchev–Trinajstić information content (AvgIpc) is 3.56. The topological polar surface area (TPSA) is 25.8 Å². The molecule has 0 N–H and O–H groups in total. The minimum Gasteiger partial charge on any atom is -0.254 e. The third-order valence-corrected chi connectivity index (χ3v) is 8.21. The Bertz CT molecular complexity index is 2570. The van der Waals surface area contributed by atoms with Crippen molar-refractivity contribution in [3.63, 3.8) is 0 Å². The first-order chi connectivity index (χ1) is 22.2. The second-order valence-electron chi connectivity index (χ2n) is 9.28. The summed E-state index contributed by atoms with van der Waals surface area (Å²) in [5, 5.41) is 4.07. The van der Waals surface area contributed by atoms with Gasteiger partial charge in [0.15, 0.2) is 0 Å². The molecule has 39 heavy (non-hydrogen) atoms. The second kappa shape index (κ2) is 8.87. The summed E-state index contributed by atoms with van der Waals surface area (Å²) < 4.78 is 59.5. The quantitative estimate of drug-likeness (QED) is 0.216. The van der Waals surface area contributed by atoms with Gasteiger partial charge in [0.2, 0.25) is 0 Å². The Hall–Kier alpha value is -4.86. The minimum absolute atomic E-state index is 0.0113. The van der Waals surface area contributed by atoms with Crippen molar-refractivity contribution in [2.75, 3.05) is 0 Å². The Morgan fingerprint density at radius 2 is 1.15 bits per heavy atom. The first kappa shape index (κ1) is 16.2. The Balaban J connectivity index is 1.35. The Morgan fingerprint density at radius 1 is 0.513 bits per heavy atom. The van der Waals surface area contributed by atoms with Gasteiger partial charge in [-0.25, -0.2) is 4.98 Å². The summed E-state index contributed by atoms with van der Waals surface area (Å²) in [5.41, 5.74) is 3.10. The molecule has 8 rings (SSSR count). The van der Waals surface area contributed by atoms with Gasteiger partial charge in [-0.05, 0) is 56.9 Å². The van der Waals surface area contributed by atoms with Crippen LogP contribution in [0.3, 0.4) is 0 Å². The summed E-state index contributed by atoms with van der Waals surface area (Å²) in [7, 11) is 0. The zero-order valence-electron chi connectivity index (χ0n) is 27.5. The van der Waals surface area contributed by atoms with Gasteiger partial charge in [-0.1, -0.05) is 103 Å². The molecule has 0 saturated carbocycles. The van der Waals surface area contributed by atoms with Crippen molar-refractivity contribution >= 4 is 54.7 Å². The zero-order chi connectivity index (χ0) is 31.9. The lowest BCUT2D eigenvalue weighted by Crippen LogP contribution is -1.90. The van der Waals surface area contributed by atoms with E-state index < -0.39 is 12.2 Å². The van der Waals surface area contributed by atoms with Crippen LogP contribution in [0.25, 0.3) is 75.5 Å². The molecule has 8 aromatic rings. The maximum atomic E-state index is 8.95. The average molecular weight is 522 g/mol. The highest BCUT2D eigenvalue weighted by atomic mass is 32.1. The highest BCUT2D eigenvalue weighted by Gasteiger charge is 2.14. The largest absolute Gasteiger partial charge is 0.254 e. The number of benzene rings is 5. The Kier molecular flexibility index (Phi) is 3.68. The molecule has 5 aromatic carbocycles. The lowest BCUT2D eigenvalue weighted by molar-refractivity contribution is 1.37. The van der Waals surface area contributed by atoms with Gasteiger partial charge in [-0.3, -0.25) is 4.98 Å². The lowest BCUT2D eigenvalue weighted by atomic mass is 9.96. The van der Waals surface area contributed by atoms with Crippen LogP contribution in [0, 0.1) is 0 Å². The number of hydrogen-bond acceptors (Lipinski definition) is 3. The normalized spacial score (nSPS) is 14.1. The molecule has 0 saturated heterocycles. The van der Waals surface area contributed by atoms with E-state index in [0.717, 1.165) is 26.1 Å². The third kappa shape index (κ3) is 3.63. The molecule has 0 atom stereocenters. The van der Waals surface area contributed by atoms with Gasteiger partial charge >= 0.3 is 0 Å². The molecule has 0 unspecified atom stereocenters. The number of rotatable bonds is 3. The van der Waals surface area contributed by atoms with E-state index in [4.69, 9.17) is 14.6 Å². The van der Waals surface area contributed by atoms with Gasteiger partial charge in [0.25, 0.3) is 0 Å². The van der Waals surface area contributed by atoms with Crippen LogP contribution < -0.4 is 0 Å². The molecule has 0 aliphatic rings. The SMILES string of the molecule is [2H]c1nc2c(c([2H])c1[2H])c([2H])c([2H])c1c([2H])c([2H])c(-c3ccc(-c4ccc(-c5cccc6ccccc56)s4)c4ccccc34)nc12. The van der Waals surface area contributed by atoms with Gasteiger partial charge in [-0.2, -0.15) is 0 Å². The van der Waals surface area contributed by atoms with Crippen LogP contribution in [0.4, 0.5) is 0 Å². The second-order valence-corrected chi connectivity index (χ2v) is 10.4. The zero-order valence-corrected chi connectivity index (χ0v) is 21.3. The number of nitrogens with zero attached hydrogens (tertiary/aromatic N) is 2. The molecule has 2 nitrogen and oxygen atoms in total. The molecule has 0 aliphatic heterocycles. The van der Waals surface area contributed by atoms with Crippen molar-refractivity contribution in [2.24, 2.45) is 0 Å². The first-order valence-corrected chi connectivity index (χ1v) is 13.3. The van der Waals surface area contributed by atoms with E-state index in [1.807, 2.05) is 42.5 Å². The Morgan fingerprint density at radius 3 is 2.00 bits per heavy atom. The molecule has 0 amide bonds. The van der Waals surface area contributed by atoms with Crippen molar-refractivity contribution < 1.29 is 9.60 Å². The summed E-state index contributed by atoms with van der Waals surface area (Å²) >= 11 is 1.71. The molecule has 0 aliphatic carbocycles. The van der Waals surface area contributed by atoms with Crippen molar-refractivity contribution in [1.29, 1.82) is 0 Å². The molecular formula is C36H22N2S. The summed E-state index contributed by atoms with van der Waals surface area (Å²) in [6.45, 7) is 0. The Labute approximate surface area is 239 Å². The van der Waals surface area contributed by atoms with E-state index in [1.54, 1.807) is 11.3 Å². The van der Waals surface area contributed by atoms with Crippen LogP contribution in [0.1, 0.15) is 9.60 Å². The maximum absolute atomic E-state index is 8.95. The van der Waals surface area contributed by atoms with E-state index in [2.05, 4.69) is 53.5 Å².